The molecule has 1 N–H and O–H groups in total. The van der Waals surface area contributed by atoms with Gasteiger partial charge in [-0.2, -0.15) is 5.10 Å². The molecule has 0 bridgehead atoms. The molecule has 0 saturated heterocycles. The number of rotatable bonds is 3. The normalized spacial score (nSPS) is 11.2. The average molecular weight is 287 g/mol. The van der Waals surface area contributed by atoms with E-state index in [1.807, 2.05) is 31.0 Å². The van der Waals surface area contributed by atoms with Gasteiger partial charge in [-0.05, 0) is 31.9 Å². The van der Waals surface area contributed by atoms with Crippen molar-refractivity contribution in [2.75, 3.05) is 12.4 Å². The van der Waals surface area contributed by atoms with Crippen LogP contribution in [0.3, 0.4) is 0 Å². The highest BCUT2D eigenvalue weighted by Gasteiger charge is 2.14. The molecule has 0 unspecified atom stereocenters. The standard InChI is InChI=1S/C14H17N5S/c1-8-5-16-19(6-8)7-11-17-13(15-4)12-9(2)10(3)20-14(12)18-11/h5-6H,7H2,1-4H3,(H,15,17,18). The highest BCUT2D eigenvalue weighted by molar-refractivity contribution is 7.18. The largest absolute Gasteiger partial charge is 0.372 e. The van der Waals surface area contributed by atoms with Crippen LogP contribution in [0.25, 0.3) is 10.2 Å². The second-order valence-corrected chi connectivity index (χ2v) is 6.12. The zero-order chi connectivity index (χ0) is 14.3. The van der Waals surface area contributed by atoms with Gasteiger partial charge in [-0.3, -0.25) is 4.68 Å². The van der Waals surface area contributed by atoms with Gasteiger partial charge in [0.25, 0.3) is 0 Å². The number of nitrogens with one attached hydrogen (secondary N) is 1. The van der Waals surface area contributed by atoms with E-state index < -0.39 is 0 Å². The Morgan fingerprint density at radius 1 is 1.25 bits per heavy atom. The Hall–Kier alpha value is -1.95. The first-order chi connectivity index (χ1) is 9.58. The van der Waals surface area contributed by atoms with Crippen molar-refractivity contribution >= 4 is 27.4 Å². The first-order valence-corrected chi connectivity index (χ1v) is 7.33. The predicted molar refractivity (Wildman–Crippen MR) is 82.5 cm³/mol. The lowest BCUT2D eigenvalue weighted by Gasteiger charge is -2.06. The molecule has 0 aliphatic rings. The van der Waals surface area contributed by atoms with Crippen molar-refractivity contribution in [3.8, 4) is 0 Å². The van der Waals surface area contributed by atoms with Crippen molar-refractivity contribution in [1.82, 2.24) is 19.7 Å². The van der Waals surface area contributed by atoms with Crippen LogP contribution in [-0.4, -0.2) is 26.8 Å². The van der Waals surface area contributed by atoms with E-state index in [1.165, 1.54) is 10.4 Å². The third kappa shape index (κ3) is 2.16. The first-order valence-electron chi connectivity index (χ1n) is 6.52. The number of anilines is 1. The molecule has 3 aromatic heterocycles. The summed E-state index contributed by atoms with van der Waals surface area (Å²) in [5.74, 6) is 1.68. The van der Waals surface area contributed by atoms with Crippen LogP contribution in [0.15, 0.2) is 12.4 Å². The number of aromatic nitrogens is 4. The summed E-state index contributed by atoms with van der Waals surface area (Å²) in [7, 11) is 1.90. The molecule has 0 aromatic carbocycles. The Morgan fingerprint density at radius 3 is 2.70 bits per heavy atom. The summed E-state index contributed by atoms with van der Waals surface area (Å²) in [5.41, 5.74) is 2.40. The van der Waals surface area contributed by atoms with Crippen LogP contribution in [-0.2, 0) is 6.54 Å². The highest BCUT2D eigenvalue weighted by Crippen LogP contribution is 2.33. The van der Waals surface area contributed by atoms with Crippen LogP contribution in [0.4, 0.5) is 5.82 Å². The summed E-state index contributed by atoms with van der Waals surface area (Å²) in [5, 5.41) is 8.61. The van der Waals surface area contributed by atoms with Crippen molar-refractivity contribution < 1.29 is 0 Å². The molecule has 0 aliphatic carbocycles. The smallest absolute Gasteiger partial charge is 0.153 e. The molecule has 104 valence electrons. The second kappa shape index (κ2) is 4.86. The minimum atomic E-state index is 0.592. The Balaban J connectivity index is 2.08. The molecule has 3 aromatic rings. The van der Waals surface area contributed by atoms with Crippen LogP contribution >= 0.6 is 11.3 Å². The molecule has 0 spiro atoms. The third-order valence-electron chi connectivity index (χ3n) is 3.38. The quantitative estimate of drug-likeness (QED) is 0.804. The molecular formula is C14H17N5S. The number of hydrogen-bond donors (Lipinski definition) is 1. The van der Waals surface area contributed by atoms with E-state index >= 15 is 0 Å². The Kier molecular flexibility index (Phi) is 3.17. The van der Waals surface area contributed by atoms with Crippen LogP contribution < -0.4 is 5.32 Å². The molecule has 3 heterocycles. The fraction of sp³-hybridized carbons (Fsp3) is 0.357. The second-order valence-electron chi connectivity index (χ2n) is 4.92. The van der Waals surface area contributed by atoms with Crippen molar-refractivity contribution in [2.45, 2.75) is 27.3 Å². The minimum Gasteiger partial charge on any atom is -0.372 e. The summed E-state index contributed by atoms with van der Waals surface area (Å²) >= 11 is 1.72. The zero-order valence-corrected chi connectivity index (χ0v) is 12.9. The van der Waals surface area contributed by atoms with Gasteiger partial charge in [0.05, 0.1) is 11.6 Å². The van der Waals surface area contributed by atoms with E-state index in [-0.39, 0.29) is 0 Å². The predicted octanol–water partition coefficient (Wildman–Crippen LogP) is 2.90. The molecule has 0 fully saturated rings. The lowest BCUT2D eigenvalue weighted by Crippen LogP contribution is -2.06. The zero-order valence-electron chi connectivity index (χ0n) is 12.1. The highest BCUT2D eigenvalue weighted by atomic mass is 32.1. The summed E-state index contributed by atoms with van der Waals surface area (Å²) in [6, 6.07) is 0. The molecule has 3 rings (SSSR count). The van der Waals surface area contributed by atoms with E-state index in [0.717, 1.165) is 27.4 Å². The summed E-state index contributed by atoms with van der Waals surface area (Å²) in [6.45, 7) is 6.86. The fourth-order valence-electron chi connectivity index (χ4n) is 2.24. The number of nitrogens with zero attached hydrogens (tertiary/aromatic N) is 4. The Bertz CT molecular complexity index is 771. The third-order valence-corrected chi connectivity index (χ3v) is 4.48. The van der Waals surface area contributed by atoms with Crippen molar-refractivity contribution in [3.63, 3.8) is 0 Å². The molecule has 0 aliphatic heterocycles. The van der Waals surface area contributed by atoms with Crippen LogP contribution in [0.1, 0.15) is 21.8 Å². The van der Waals surface area contributed by atoms with Gasteiger partial charge in [0.15, 0.2) is 5.82 Å². The summed E-state index contributed by atoms with van der Waals surface area (Å²) < 4.78 is 1.86. The van der Waals surface area contributed by atoms with Crippen molar-refractivity contribution in [3.05, 3.63) is 34.2 Å². The summed E-state index contributed by atoms with van der Waals surface area (Å²) in [4.78, 5) is 11.6. The lowest BCUT2D eigenvalue weighted by atomic mass is 10.2. The SMILES string of the molecule is CNc1nc(Cn2cc(C)cn2)nc2sc(C)c(C)c12. The van der Waals surface area contributed by atoms with E-state index in [0.29, 0.717) is 6.54 Å². The number of hydrogen-bond acceptors (Lipinski definition) is 5. The topological polar surface area (TPSA) is 55.6 Å². The number of fused-ring (bicyclic) bond motifs is 1. The lowest BCUT2D eigenvalue weighted by molar-refractivity contribution is 0.658. The molecule has 20 heavy (non-hydrogen) atoms. The van der Waals surface area contributed by atoms with Crippen molar-refractivity contribution in [1.29, 1.82) is 0 Å². The summed E-state index contributed by atoms with van der Waals surface area (Å²) in [6.07, 6.45) is 3.84. The Morgan fingerprint density at radius 2 is 2.05 bits per heavy atom. The van der Waals surface area contributed by atoms with E-state index in [1.54, 1.807) is 11.3 Å². The van der Waals surface area contributed by atoms with Crippen LogP contribution in [0.2, 0.25) is 0 Å². The fourth-order valence-corrected chi connectivity index (χ4v) is 3.29. The molecular weight excluding hydrogens is 270 g/mol. The monoisotopic (exact) mass is 287 g/mol. The average Bonchev–Trinajstić information content (AvgIpc) is 2.94. The number of thiophene rings is 1. The van der Waals surface area contributed by atoms with Crippen LogP contribution in [0.5, 0.6) is 0 Å². The van der Waals surface area contributed by atoms with Crippen molar-refractivity contribution in [2.24, 2.45) is 0 Å². The molecule has 5 nitrogen and oxygen atoms in total. The number of aryl methyl sites for hydroxylation is 3. The minimum absolute atomic E-state index is 0.592. The molecule has 6 heteroatoms. The van der Waals surface area contributed by atoms with Gasteiger partial charge >= 0.3 is 0 Å². The maximum absolute atomic E-state index is 4.68. The maximum atomic E-state index is 4.68. The van der Waals surface area contributed by atoms with Gasteiger partial charge in [-0.1, -0.05) is 0 Å². The van der Waals surface area contributed by atoms with Gasteiger partial charge in [-0.25, -0.2) is 9.97 Å². The molecule has 0 saturated carbocycles. The van der Waals surface area contributed by atoms with E-state index in [2.05, 4.69) is 34.2 Å². The van der Waals surface area contributed by atoms with Gasteiger partial charge < -0.3 is 5.32 Å². The first kappa shape index (κ1) is 13.1. The van der Waals surface area contributed by atoms with Gasteiger partial charge in [-0.15, -0.1) is 11.3 Å². The van der Waals surface area contributed by atoms with E-state index in [4.69, 9.17) is 0 Å². The van der Waals surface area contributed by atoms with Crippen LogP contribution in [0, 0.1) is 20.8 Å². The van der Waals surface area contributed by atoms with Gasteiger partial charge in [0.2, 0.25) is 0 Å². The molecule has 0 radical (unpaired) electrons. The molecule has 0 atom stereocenters. The Labute approximate surface area is 121 Å². The maximum Gasteiger partial charge on any atom is 0.153 e. The van der Waals surface area contributed by atoms with Gasteiger partial charge in [0.1, 0.15) is 17.2 Å². The molecule has 0 amide bonds. The van der Waals surface area contributed by atoms with Gasteiger partial charge in [0, 0.05) is 18.1 Å². The van der Waals surface area contributed by atoms with E-state index in [9.17, 15) is 0 Å².